The molecule has 0 amide bonds. The van der Waals surface area contributed by atoms with Crippen LogP contribution in [0.25, 0.3) is 0 Å². The van der Waals surface area contributed by atoms with Gasteiger partial charge in [-0.3, -0.25) is 4.79 Å². The van der Waals surface area contributed by atoms with E-state index in [1.807, 2.05) is 6.08 Å². The quantitative estimate of drug-likeness (QED) is 0.587. The average Bonchev–Trinajstić information content (AvgIpc) is 2.62. The van der Waals surface area contributed by atoms with Crippen LogP contribution in [-0.2, 0) is 4.79 Å². The number of allylic oxidation sites excluding steroid dienone is 1. The molecule has 1 saturated carbocycles. The van der Waals surface area contributed by atoms with Crippen LogP contribution in [0, 0.1) is 17.3 Å². The lowest BCUT2D eigenvalue weighted by Crippen LogP contribution is -2.16. The highest BCUT2D eigenvalue weighted by molar-refractivity contribution is 5.86. The molecule has 68 valence electrons. The van der Waals surface area contributed by atoms with Gasteiger partial charge in [0.05, 0.1) is 0 Å². The van der Waals surface area contributed by atoms with Gasteiger partial charge in [-0.2, -0.15) is 0 Å². The van der Waals surface area contributed by atoms with E-state index in [1.54, 1.807) is 6.92 Å². The Labute approximate surface area is 74.9 Å². The van der Waals surface area contributed by atoms with Gasteiger partial charge in [-0.25, -0.2) is 0 Å². The Bertz CT molecular complexity index is 205. The average molecular weight is 166 g/mol. The molecule has 12 heavy (non-hydrogen) atoms. The number of rotatable bonds is 4. The summed E-state index contributed by atoms with van der Waals surface area (Å²) in [4.78, 5) is 11.4. The second kappa shape index (κ2) is 3.04. The molecule has 1 nitrogen and oxygen atoms in total. The molecule has 0 N–H and O–H groups in total. The number of Topliss-reactive ketones (excluding diaryl/α,β-unsaturated/α-hetero) is 1. The molecule has 1 aliphatic rings. The van der Waals surface area contributed by atoms with Gasteiger partial charge >= 0.3 is 0 Å². The summed E-state index contributed by atoms with van der Waals surface area (Å²) in [5.41, 5.74) is -0.0179. The molecule has 0 bridgehead atoms. The van der Waals surface area contributed by atoms with Gasteiger partial charge in [0.2, 0.25) is 0 Å². The summed E-state index contributed by atoms with van der Waals surface area (Å²) in [6.07, 6.45) is 3.99. The molecule has 0 saturated heterocycles. The number of hydrogen-bond donors (Lipinski definition) is 0. The highest BCUT2D eigenvalue weighted by Gasteiger charge is 2.55. The summed E-state index contributed by atoms with van der Waals surface area (Å²) in [6.45, 7) is 9.81. The Morgan fingerprint density at radius 1 is 1.75 bits per heavy atom. The maximum absolute atomic E-state index is 11.4. The van der Waals surface area contributed by atoms with E-state index >= 15 is 0 Å². The smallest absolute Gasteiger partial charge is 0.136 e. The number of carbonyl (C=O) groups is 1. The van der Waals surface area contributed by atoms with E-state index in [0.29, 0.717) is 17.6 Å². The zero-order chi connectivity index (χ0) is 9.35. The van der Waals surface area contributed by atoms with Crippen LogP contribution in [0.4, 0.5) is 0 Å². The van der Waals surface area contributed by atoms with Crippen molar-refractivity contribution in [3.05, 3.63) is 12.7 Å². The zero-order valence-corrected chi connectivity index (χ0v) is 8.26. The van der Waals surface area contributed by atoms with Crippen LogP contribution in [0.2, 0.25) is 0 Å². The highest BCUT2D eigenvalue weighted by atomic mass is 16.1. The predicted molar refractivity (Wildman–Crippen MR) is 50.9 cm³/mol. The third kappa shape index (κ3) is 1.45. The van der Waals surface area contributed by atoms with Crippen molar-refractivity contribution in [1.29, 1.82) is 0 Å². The van der Waals surface area contributed by atoms with Crippen LogP contribution in [0.5, 0.6) is 0 Å². The molecule has 2 atom stereocenters. The molecule has 1 heteroatoms. The van der Waals surface area contributed by atoms with Gasteiger partial charge in [0.25, 0.3) is 0 Å². The lowest BCUT2D eigenvalue weighted by atomic mass is 9.88. The Morgan fingerprint density at radius 3 is 2.58 bits per heavy atom. The molecule has 0 aromatic rings. The largest absolute Gasteiger partial charge is 0.299 e. The minimum Gasteiger partial charge on any atom is -0.299 e. The van der Waals surface area contributed by atoms with Gasteiger partial charge in [-0.15, -0.1) is 6.58 Å². The first-order chi connectivity index (χ1) is 5.53. The molecule has 1 fully saturated rings. The van der Waals surface area contributed by atoms with Crippen molar-refractivity contribution < 1.29 is 4.79 Å². The summed E-state index contributed by atoms with van der Waals surface area (Å²) in [5, 5.41) is 0. The van der Waals surface area contributed by atoms with Crippen molar-refractivity contribution in [3.63, 3.8) is 0 Å². The molecule has 0 radical (unpaired) electrons. The summed E-state index contributed by atoms with van der Waals surface area (Å²) in [5.74, 6) is 1.41. The maximum atomic E-state index is 11.4. The van der Waals surface area contributed by atoms with E-state index in [0.717, 1.165) is 12.8 Å². The van der Waals surface area contributed by atoms with Gasteiger partial charge in [-0.1, -0.05) is 19.9 Å². The van der Waals surface area contributed by atoms with Crippen LogP contribution in [0.15, 0.2) is 12.7 Å². The first kappa shape index (κ1) is 9.50. The minimum absolute atomic E-state index is 0.0179. The summed E-state index contributed by atoms with van der Waals surface area (Å²) >= 11 is 0. The van der Waals surface area contributed by atoms with Gasteiger partial charge in [0.15, 0.2) is 0 Å². The van der Waals surface area contributed by atoms with E-state index in [2.05, 4.69) is 20.4 Å². The Hall–Kier alpha value is -0.590. The summed E-state index contributed by atoms with van der Waals surface area (Å²) in [6, 6.07) is 0. The first-order valence-electron chi connectivity index (χ1n) is 4.66. The van der Waals surface area contributed by atoms with Crippen molar-refractivity contribution in [2.75, 3.05) is 0 Å². The molecule has 1 rings (SSSR count). The number of hydrogen-bond acceptors (Lipinski definition) is 1. The van der Waals surface area contributed by atoms with Crippen LogP contribution < -0.4 is 0 Å². The van der Waals surface area contributed by atoms with E-state index < -0.39 is 0 Å². The lowest BCUT2D eigenvalue weighted by Gasteiger charge is -2.15. The van der Waals surface area contributed by atoms with Crippen molar-refractivity contribution in [2.45, 2.75) is 33.6 Å². The second-order valence-electron chi connectivity index (χ2n) is 4.36. The Balaban J connectivity index is 2.65. The van der Waals surface area contributed by atoms with E-state index in [4.69, 9.17) is 0 Å². The second-order valence-corrected chi connectivity index (χ2v) is 4.36. The number of carbonyl (C=O) groups excluding carboxylic acids is 1. The molecule has 0 spiro atoms. The first-order valence-corrected chi connectivity index (χ1v) is 4.66. The molecule has 0 aromatic heterocycles. The van der Waals surface area contributed by atoms with Gasteiger partial charge < -0.3 is 0 Å². The molecule has 0 heterocycles. The lowest BCUT2D eigenvalue weighted by molar-refractivity contribution is -0.122. The van der Waals surface area contributed by atoms with Gasteiger partial charge in [0, 0.05) is 5.41 Å². The summed E-state index contributed by atoms with van der Waals surface area (Å²) < 4.78 is 0. The molecule has 0 aliphatic heterocycles. The monoisotopic (exact) mass is 166 g/mol. The van der Waals surface area contributed by atoms with E-state index in [1.165, 1.54) is 0 Å². The Morgan fingerprint density at radius 2 is 2.33 bits per heavy atom. The fraction of sp³-hybridized carbons (Fsp3) is 0.727. The molecule has 0 unspecified atom stereocenters. The molecule has 1 aliphatic carbocycles. The minimum atomic E-state index is -0.0179. The highest BCUT2D eigenvalue weighted by Crippen LogP contribution is 2.57. The fourth-order valence-corrected chi connectivity index (χ4v) is 2.15. The Kier molecular flexibility index (Phi) is 2.41. The van der Waals surface area contributed by atoms with Crippen molar-refractivity contribution >= 4 is 5.78 Å². The number of ketones is 1. The SMILES string of the molecule is C=C[C@@H]1C[C@]1(CC(C)C)C(C)=O. The third-order valence-corrected chi connectivity index (χ3v) is 2.89. The standard InChI is InChI=1S/C11H18O/c1-5-10-7-11(10,9(4)12)6-8(2)3/h5,8,10H,1,6-7H2,2-4H3/t10-,11-/m1/s1. The van der Waals surface area contributed by atoms with E-state index in [-0.39, 0.29) is 5.41 Å². The fourth-order valence-electron chi connectivity index (χ4n) is 2.15. The van der Waals surface area contributed by atoms with Crippen molar-refractivity contribution in [1.82, 2.24) is 0 Å². The summed E-state index contributed by atoms with van der Waals surface area (Å²) in [7, 11) is 0. The topological polar surface area (TPSA) is 17.1 Å². The van der Waals surface area contributed by atoms with Crippen molar-refractivity contribution in [2.24, 2.45) is 17.3 Å². The van der Waals surface area contributed by atoms with Crippen molar-refractivity contribution in [3.8, 4) is 0 Å². The third-order valence-electron chi connectivity index (χ3n) is 2.89. The maximum Gasteiger partial charge on any atom is 0.136 e. The molecular weight excluding hydrogens is 148 g/mol. The van der Waals surface area contributed by atoms with Gasteiger partial charge in [-0.05, 0) is 31.6 Å². The normalized spacial score (nSPS) is 33.5. The van der Waals surface area contributed by atoms with Crippen LogP contribution >= 0.6 is 0 Å². The van der Waals surface area contributed by atoms with Crippen LogP contribution in [-0.4, -0.2) is 5.78 Å². The predicted octanol–water partition coefficient (Wildman–Crippen LogP) is 2.81. The van der Waals surface area contributed by atoms with Crippen LogP contribution in [0.1, 0.15) is 33.6 Å². The zero-order valence-electron chi connectivity index (χ0n) is 8.26. The molecular formula is C11H18O. The van der Waals surface area contributed by atoms with Gasteiger partial charge in [0.1, 0.15) is 5.78 Å². The van der Waals surface area contributed by atoms with Crippen LogP contribution in [0.3, 0.4) is 0 Å². The molecule has 0 aromatic carbocycles. The van der Waals surface area contributed by atoms with E-state index in [9.17, 15) is 4.79 Å².